The Labute approximate surface area is 312 Å². The van der Waals surface area contributed by atoms with E-state index in [4.69, 9.17) is 0 Å². The molecular formula is C28H12F26N4O2. The first kappa shape index (κ1) is 49.5. The lowest BCUT2D eigenvalue weighted by molar-refractivity contribution is -0.440. The van der Waals surface area contributed by atoms with Crippen LogP contribution < -0.4 is 9.47 Å². The van der Waals surface area contributed by atoms with Crippen LogP contribution in [-0.4, -0.2) is 105 Å². The molecule has 6 nitrogen and oxygen atoms in total. The van der Waals surface area contributed by atoms with E-state index in [0.29, 0.717) is 0 Å². The molecule has 0 N–H and O–H groups in total. The molecule has 0 radical (unpaired) electrons. The minimum absolute atomic E-state index is 0.146. The van der Waals surface area contributed by atoms with Crippen molar-refractivity contribution in [1.29, 1.82) is 0 Å². The fourth-order valence-corrected chi connectivity index (χ4v) is 4.02. The van der Waals surface area contributed by atoms with E-state index in [1.54, 1.807) is 0 Å². The molecule has 60 heavy (non-hydrogen) atoms. The van der Waals surface area contributed by atoms with Crippen LogP contribution in [0.25, 0.3) is 22.6 Å². The van der Waals surface area contributed by atoms with Crippen LogP contribution >= 0.6 is 0 Å². The fourth-order valence-electron chi connectivity index (χ4n) is 4.02. The fraction of sp³-hybridized carbons (Fsp3) is 0.500. The molecule has 2 aromatic heterocycles. The Morgan fingerprint density at radius 2 is 0.700 bits per heavy atom. The van der Waals surface area contributed by atoms with Crippen molar-refractivity contribution >= 4 is 0 Å². The summed E-state index contributed by atoms with van der Waals surface area (Å²) < 4.78 is 358. The van der Waals surface area contributed by atoms with Crippen LogP contribution in [0.1, 0.15) is 0 Å². The molecule has 0 atom stereocenters. The number of aromatic nitrogens is 4. The highest BCUT2D eigenvalue weighted by Crippen LogP contribution is 2.62. The summed E-state index contributed by atoms with van der Waals surface area (Å²) in [6, 6.07) is 3.42. The molecule has 0 aliphatic carbocycles. The van der Waals surface area contributed by atoms with E-state index in [2.05, 4.69) is 29.4 Å². The summed E-state index contributed by atoms with van der Waals surface area (Å²) in [4.78, 5) is 12.4. The van der Waals surface area contributed by atoms with E-state index in [0.717, 1.165) is 24.3 Å². The zero-order chi connectivity index (χ0) is 46.8. The minimum atomic E-state index is -8.38. The van der Waals surface area contributed by atoms with Gasteiger partial charge in [-0.1, -0.05) is 30.3 Å². The van der Waals surface area contributed by atoms with Crippen LogP contribution in [0.3, 0.4) is 0 Å². The maximum atomic E-state index is 14.4. The van der Waals surface area contributed by atoms with Crippen LogP contribution in [0.4, 0.5) is 114 Å². The third-order valence-electron chi connectivity index (χ3n) is 7.46. The van der Waals surface area contributed by atoms with Gasteiger partial charge < -0.3 is 9.47 Å². The third kappa shape index (κ3) is 7.92. The first-order valence-corrected chi connectivity index (χ1v) is 14.5. The van der Waals surface area contributed by atoms with Crippen LogP contribution in [0.15, 0.2) is 48.7 Å². The topological polar surface area (TPSA) is 70.0 Å². The number of ether oxygens (including phenoxy) is 2. The molecule has 0 bridgehead atoms. The van der Waals surface area contributed by atoms with Gasteiger partial charge in [-0.3, -0.25) is 4.98 Å². The number of hydrogen-bond acceptors (Lipinski definition) is 6. The van der Waals surface area contributed by atoms with Gasteiger partial charge in [-0.25, -0.2) is 0 Å². The van der Waals surface area contributed by atoms with Gasteiger partial charge in [-0.2, -0.15) is 124 Å². The summed E-state index contributed by atoms with van der Waals surface area (Å²) in [7, 11) is 0. The second-order valence-corrected chi connectivity index (χ2v) is 11.6. The molecule has 2 heterocycles. The summed E-state index contributed by atoms with van der Waals surface area (Å²) >= 11 is 0. The number of hydrogen-bond donors (Lipinski definition) is 0. The molecule has 1 aromatic carbocycles. The number of nitrogens with zero attached hydrogens (tertiary/aromatic N) is 4. The Morgan fingerprint density at radius 3 is 1.02 bits per heavy atom. The smallest absolute Gasteiger partial charge is 0.457 e. The third-order valence-corrected chi connectivity index (χ3v) is 7.46. The Bertz CT molecular complexity index is 1870. The monoisotopic (exact) mass is 930 g/mol. The summed E-state index contributed by atoms with van der Waals surface area (Å²) in [5.74, 6) is -81.2. The number of benzene rings is 1. The molecule has 0 saturated heterocycles. The van der Waals surface area contributed by atoms with Gasteiger partial charge in [0.1, 0.15) is 0 Å². The molecular weight excluding hydrogens is 918 g/mol. The van der Waals surface area contributed by atoms with E-state index in [-0.39, 0.29) is 11.3 Å². The second-order valence-electron chi connectivity index (χ2n) is 11.6. The van der Waals surface area contributed by atoms with Crippen molar-refractivity contribution < 1.29 is 124 Å². The van der Waals surface area contributed by atoms with Gasteiger partial charge in [-0.15, -0.1) is 4.98 Å². The predicted octanol–water partition coefficient (Wildman–Crippen LogP) is 10.8. The molecule has 0 amide bonds. The summed E-state index contributed by atoms with van der Waals surface area (Å²) in [5.41, 5.74) is -0.334. The molecule has 0 spiro atoms. The number of halogens is 26. The predicted molar refractivity (Wildman–Crippen MR) is 141 cm³/mol. The zero-order valence-corrected chi connectivity index (χ0v) is 27.5. The highest BCUT2D eigenvalue weighted by Gasteiger charge is 2.92. The van der Waals surface area contributed by atoms with Crippen molar-refractivity contribution in [2.24, 2.45) is 0 Å². The van der Waals surface area contributed by atoms with E-state index in [9.17, 15) is 114 Å². The molecule has 0 fully saturated rings. The largest absolute Gasteiger partial charge is 0.460 e. The highest BCUT2D eigenvalue weighted by molar-refractivity contribution is 5.65. The zero-order valence-electron chi connectivity index (χ0n) is 27.5. The Morgan fingerprint density at radius 1 is 0.367 bits per heavy atom. The van der Waals surface area contributed by atoms with Crippen molar-refractivity contribution in [1.82, 2.24) is 19.9 Å². The van der Waals surface area contributed by atoms with Gasteiger partial charge in [-0.05, 0) is 12.1 Å². The quantitative estimate of drug-likeness (QED) is 0.133. The Balaban J connectivity index is 2.08. The molecule has 3 aromatic rings. The van der Waals surface area contributed by atoms with Gasteiger partial charge in [0, 0.05) is 17.3 Å². The molecule has 0 unspecified atom stereocenters. The number of rotatable bonds is 16. The lowest BCUT2D eigenvalue weighted by Crippen LogP contribution is -2.70. The lowest BCUT2D eigenvalue weighted by atomic mass is 9.94. The maximum absolute atomic E-state index is 14.4. The van der Waals surface area contributed by atoms with E-state index in [1.807, 2.05) is 0 Å². The maximum Gasteiger partial charge on any atom is 0.460 e. The standard InChI is InChI=1S/C28H12F26N4O2/c29-17(30,19(33,34)21(37,38)23(41,42)25(45,46)27(49,50)51)9-59-15-56-14(12-6-4-11(5-7-12)13-3-1-2-8-55-13)57-16(58-15)60-10-18(31,32)20(35,36)22(39,40)24(43,44)26(47,48)28(52,53)54/h1-8H,9-10H2. The highest BCUT2D eigenvalue weighted by atomic mass is 19.4. The Hall–Kier alpha value is -4.84. The number of pyridine rings is 1. The van der Waals surface area contributed by atoms with Gasteiger partial charge in [0.05, 0.1) is 5.69 Å². The molecule has 0 aliphatic rings. The molecule has 0 aliphatic heterocycles. The van der Waals surface area contributed by atoms with Crippen molar-refractivity contribution in [3.05, 3.63) is 48.7 Å². The number of alkyl halides is 26. The van der Waals surface area contributed by atoms with Crippen LogP contribution in [-0.2, 0) is 0 Å². The van der Waals surface area contributed by atoms with Gasteiger partial charge in [0.15, 0.2) is 19.0 Å². The first-order valence-electron chi connectivity index (χ1n) is 14.5. The van der Waals surface area contributed by atoms with Gasteiger partial charge >= 0.3 is 83.6 Å². The summed E-state index contributed by atoms with van der Waals surface area (Å²) in [5, 5.41) is 0. The van der Waals surface area contributed by atoms with Crippen molar-refractivity contribution in [3.8, 4) is 34.7 Å². The van der Waals surface area contributed by atoms with Crippen LogP contribution in [0.5, 0.6) is 12.0 Å². The summed E-state index contributed by atoms with van der Waals surface area (Å²) in [6.07, 6.45) is -14.3. The van der Waals surface area contributed by atoms with Crippen LogP contribution in [0.2, 0.25) is 0 Å². The first-order chi connectivity index (χ1) is 26.6. The van der Waals surface area contributed by atoms with Crippen molar-refractivity contribution in [2.45, 2.75) is 71.6 Å². The molecule has 32 heteroatoms. The second kappa shape index (κ2) is 15.0. The van der Waals surface area contributed by atoms with Crippen LogP contribution in [0, 0.1) is 0 Å². The molecule has 338 valence electrons. The Kier molecular flexibility index (Phi) is 12.3. The minimum Gasteiger partial charge on any atom is -0.457 e. The average Bonchev–Trinajstić information content (AvgIpc) is 3.12. The molecule has 0 saturated carbocycles. The summed E-state index contributed by atoms with van der Waals surface area (Å²) in [6.45, 7) is -7.23. The van der Waals surface area contributed by atoms with E-state index >= 15 is 0 Å². The van der Waals surface area contributed by atoms with E-state index < -0.39 is 108 Å². The van der Waals surface area contributed by atoms with Crippen molar-refractivity contribution in [3.63, 3.8) is 0 Å². The normalized spacial score (nSPS) is 15.0. The van der Waals surface area contributed by atoms with Gasteiger partial charge in [0.25, 0.3) is 0 Å². The SMILES string of the molecule is FC(F)(F)C(F)(F)C(F)(F)C(F)(F)C(F)(F)C(F)(F)COc1nc(OCC(F)(F)C(F)(F)C(F)(F)C(F)(F)C(F)(F)C(F)(F)F)nc(-c2ccc(-c3ccccn3)cc2)n1. The van der Waals surface area contributed by atoms with Crippen molar-refractivity contribution in [2.75, 3.05) is 13.2 Å². The lowest BCUT2D eigenvalue weighted by Gasteiger charge is -2.39. The molecule has 3 rings (SSSR count). The van der Waals surface area contributed by atoms with E-state index in [1.165, 1.54) is 24.4 Å². The van der Waals surface area contributed by atoms with Gasteiger partial charge in [0.2, 0.25) is 0 Å². The average molecular weight is 930 g/mol.